The van der Waals surface area contributed by atoms with E-state index in [2.05, 4.69) is 5.32 Å². The first-order valence-corrected chi connectivity index (χ1v) is 9.29. The van der Waals surface area contributed by atoms with Crippen LogP contribution in [0.3, 0.4) is 0 Å². The fraction of sp³-hybridized carbons (Fsp3) is 0.318. The zero-order valence-electron chi connectivity index (χ0n) is 16.1. The lowest BCUT2D eigenvalue weighted by molar-refractivity contribution is -0.128. The third kappa shape index (κ3) is 4.57. The highest BCUT2D eigenvalue weighted by molar-refractivity contribution is 5.99. The third-order valence-electron chi connectivity index (χ3n) is 5.02. The lowest BCUT2D eigenvalue weighted by atomic mass is 10.1. The summed E-state index contributed by atoms with van der Waals surface area (Å²) in [7, 11) is 1.31. The van der Waals surface area contributed by atoms with E-state index in [1.165, 1.54) is 12.7 Å². The molecule has 1 heterocycles. The van der Waals surface area contributed by atoms with E-state index in [0.717, 1.165) is 12.0 Å². The van der Waals surface area contributed by atoms with Crippen LogP contribution in [0.25, 0.3) is 0 Å². The number of esters is 1. The van der Waals surface area contributed by atoms with Crippen molar-refractivity contribution >= 4 is 23.5 Å². The van der Waals surface area contributed by atoms with Crippen molar-refractivity contribution in [2.45, 2.75) is 19.8 Å². The fourth-order valence-electron chi connectivity index (χ4n) is 3.31. The van der Waals surface area contributed by atoms with Gasteiger partial charge in [0.1, 0.15) is 0 Å². The maximum atomic E-state index is 12.7. The minimum Gasteiger partial charge on any atom is -0.465 e. The fourth-order valence-corrected chi connectivity index (χ4v) is 3.31. The van der Waals surface area contributed by atoms with Crippen LogP contribution in [0.5, 0.6) is 0 Å². The van der Waals surface area contributed by atoms with E-state index in [0.29, 0.717) is 24.3 Å². The second-order valence-electron chi connectivity index (χ2n) is 6.99. The number of carbonyl (C=O) groups excluding carboxylic acids is 3. The lowest BCUT2D eigenvalue weighted by Gasteiger charge is -2.17. The number of carbonyl (C=O) groups is 3. The minimum atomic E-state index is -0.460. The van der Waals surface area contributed by atoms with Crippen molar-refractivity contribution in [3.63, 3.8) is 0 Å². The number of rotatable bonds is 6. The molecule has 1 fully saturated rings. The van der Waals surface area contributed by atoms with Crippen molar-refractivity contribution in [1.82, 2.24) is 4.90 Å². The quantitative estimate of drug-likeness (QED) is 0.782. The predicted octanol–water partition coefficient (Wildman–Crippen LogP) is 2.81. The van der Waals surface area contributed by atoms with Gasteiger partial charge in [0, 0.05) is 25.2 Å². The molecule has 1 aliphatic rings. The summed E-state index contributed by atoms with van der Waals surface area (Å²) >= 11 is 0. The van der Waals surface area contributed by atoms with Gasteiger partial charge in [0.25, 0.3) is 0 Å². The molecule has 28 heavy (non-hydrogen) atoms. The summed E-state index contributed by atoms with van der Waals surface area (Å²) in [6, 6.07) is 15.0. The molecule has 0 aliphatic carbocycles. The van der Waals surface area contributed by atoms with Crippen LogP contribution in [-0.4, -0.2) is 42.9 Å². The van der Waals surface area contributed by atoms with Gasteiger partial charge in [-0.15, -0.1) is 0 Å². The number of hydrogen-bond donors (Lipinski definition) is 1. The summed E-state index contributed by atoms with van der Waals surface area (Å²) in [5.41, 5.74) is 2.93. The maximum Gasteiger partial charge on any atom is 0.337 e. The van der Waals surface area contributed by atoms with Gasteiger partial charge in [-0.05, 0) is 36.6 Å². The monoisotopic (exact) mass is 380 g/mol. The molecule has 0 bridgehead atoms. The van der Waals surface area contributed by atoms with Crippen molar-refractivity contribution in [1.29, 1.82) is 0 Å². The molecule has 2 amide bonds. The molecule has 6 heteroatoms. The number of hydrogen-bond acceptors (Lipinski definition) is 4. The van der Waals surface area contributed by atoms with Gasteiger partial charge in [0.2, 0.25) is 11.8 Å². The number of anilines is 1. The van der Waals surface area contributed by atoms with Crippen molar-refractivity contribution in [2.75, 3.05) is 25.5 Å². The molecule has 2 aromatic rings. The number of methoxy groups -OCH3 is 1. The van der Waals surface area contributed by atoms with Gasteiger partial charge in [-0.1, -0.05) is 36.4 Å². The third-order valence-corrected chi connectivity index (χ3v) is 5.02. The molecular weight excluding hydrogens is 356 g/mol. The highest BCUT2D eigenvalue weighted by atomic mass is 16.5. The van der Waals surface area contributed by atoms with Crippen LogP contribution in [-0.2, 0) is 20.7 Å². The first kappa shape index (κ1) is 19.6. The Bertz CT molecular complexity index is 879. The van der Waals surface area contributed by atoms with Gasteiger partial charge < -0.3 is 15.0 Å². The number of aryl methyl sites for hydroxylation is 1. The zero-order chi connectivity index (χ0) is 20.1. The molecule has 0 saturated carbocycles. The van der Waals surface area contributed by atoms with Crippen molar-refractivity contribution in [2.24, 2.45) is 5.92 Å². The molecule has 0 aromatic heterocycles. The van der Waals surface area contributed by atoms with Crippen molar-refractivity contribution in [3.8, 4) is 0 Å². The van der Waals surface area contributed by atoms with E-state index in [1.54, 1.807) is 23.1 Å². The molecule has 0 spiro atoms. The smallest absolute Gasteiger partial charge is 0.337 e. The number of nitrogens with one attached hydrogen (secondary N) is 1. The average Bonchev–Trinajstić information content (AvgIpc) is 3.09. The maximum absolute atomic E-state index is 12.7. The predicted molar refractivity (Wildman–Crippen MR) is 106 cm³/mol. The van der Waals surface area contributed by atoms with Gasteiger partial charge in [-0.25, -0.2) is 4.79 Å². The van der Waals surface area contributed by atoms with E-state index in [4.69, 9.17) is 4.74 Å². The lowest BCUT2D eigenvalue weighted by Crippen LogP contribution is -2.30. The first-order valence-electron chi connectivity index (χ1n) is 9.29. The van der Waals surface area contributed by atoms with Crippen LogP contribution in [0.15, 0.2) is 48.5 Å². The summed E-state index contributed by atoms with van der Waals surface area (Å²) in [4.78, 5) is 38.4. The van der Waals surface area contributed by atoms with E-state index < -0.39 is 11.9 Å². The van der Waals surface area contributed by atoms with Crippen LogP contribution < -0.4 is 5.32 Å². The van der Waals surface area contributed by atoms with Gasteiger partial charge in [0.15, 0.2) is 0 Å². The number of ether oxygens (including phenoxy) is 1. The van der Waals surface area contributed by atoms with E-state index in [-0.39, 0.29) is 18.2 Å². The van der Waals surface area contributed by atoms with E-state index >= 15 is 0 Å². The van der Waals surface area contributed by atoms with Crippen LogP contribution >= 0.6 is 0 Å². The molecule has 2 aromatic carbocycles. The molecule has 3 rings (SSSR count). The molecule has 0 radical (unpaired) electrons. The SMILES string of the molecule is COC(=O)c1ccc(C)c(NC(=O)C2CC(=O)N(CCc3ccccc3)C2)c1. The van der Waals surface area contributed by atoms with Crippen LogP contribution in [0, 0.1) is 12.8 Å². The normalized spacial score (nSPS) is 16.1. The first-order chi connectivity index (χ1) is 13.5. The van der Waals surface area contributed by atoms with E-state index in [9.17, 15) is 14.4 Å². The summed E-state index contributed by atoms with van der Waals surface area (Å²) < 4.78 is 4.72. The van der Waals surface area contributed by atoms with Gasteiger partial charge in [-0.3, -0.25) is 9.59 Å². The molecular formula is C22H24N2O4. The largest absolute Gasteiger partial charge is 0.465 e. The Balaban J connectivity index is 1.61. The van der Waals surface area contributed by atoms with Crippen LogP contribution in [0.1, 0.15) is 27.9 Å². The number of benzene rings is 2. The Kier molecular flexibility index (Phi) is 6.09. The molecule has 1 aliphatic heterocycles. The Morgan fingerprint density at radius 3 is 2.64 bits per heavy atom. The number of nitrogens with zero attached hydrogens (tertiary/aromatic N) is 1. The molecule has 6 nitrogen and oxygen atoms in total. The number of amides is 2. The van der Waals surface area contributed by atoms with Gasteiger partial charge in [-0.2, -0.15) is 0 Å². The Hall–Kier alpha value is -3.15. The Morgan fingerprint density at radius 1 is 1.18 bits per heavy atom. The standard InChI is InChI=1S/C22H24N2O4/c1-15-8-9-17(22(27)28-2)12-19(15)23-21(26)18-13-20(25)24(14-18)11-10-16-6-4-3-5-7-16/h3-9,12,18H,10-11,13-14H2,1-2H3,(H,23,26). The molecule has 146 valence electrons. The van der Waals surface area contributed by atoms with Crippen LogP contribution in [0.4, 0.5) is 5.69 Å². The molecule has 1 atom stereocenters. The molecule has 1 saturated heterocycles. The minimum absolute atomic E-state index is 0.00360. The van der Waals surface area contributed by atoms with Crippen LogP contribution in [0.2, 0.25) is 0 Å². The highest BCUT2D eigenvalue weighted by Crippen LogP contribution is 2.23. The van der Waals surface area contributed by atoms with Gasteiger partial charge in [0.05, 0.1) is 18.6 Å². The van der Waals surface area contributed by atoms with Gasteiger partial charge >= 0.3 is 5.97 Å². The highest BCUT2D eigenvalue weighted by Gasteiger charge is 2.34. The summed E-state index contributed by atoms with van der Waals surface area (Å²) in [5.74, 6) is -1.07. The topological polar surface area (TPSA) is 75.7 Å². The number of likely N-dealkylation sites (tertiary alicyclic amines) is 1. The zero-order valence-corrected chi connectivity index (χ0v) is 16.1. The second-order valence-corrected chi connectivity index (χ2v) is 6.99. The van der Waals surface area contributed by atoms with E-state index in [1.807, 2.05) is 37.3 Å². The summed E-state index contributed by atoms with van der Waals surface area (Å²) in [5, 5.41) is 2.86. The molecule has 1 unspecified atom stereocenters. The van der Waals surface area contributed by atoms with Crippen molar-refractivity contribution < 1.29 is 19.1 Å². The summed E-state index contributed by atoms with van der Waals surface area (Å²) in [6.45, 7) is 2.86. The second kappa shape index (κ2) is 8.69. The van der Waals surface area contributed by atoms with Crippen molar-refractivity contribution in [3.05, 3.63) is 65.2 Å². The Morgan fingerprint density at radius 2 is 1.93 bits per heavy atom. The molecule has 1 N–H and O–H groups in total. The Labute approximate surface area is 164 Å². The summed E-state index contributed by atoms with van der Waals surface area (Å²) in [6.07, 6.45) is 0.970. The average molecular weight is 380 g/mol.